The summed E-state index contributed by atoms with van der Waals surface area (Å²) in [4.78, 5) is 52.0. The standard InChI is InChI=1S/C19H38N8O5/c1-11(2)15(17(30)26-13(18(31)32)7-5-9-24-19(22)23)27-14(28)10-25-16(29)12(21)6-3-4-8-20/h11-13,15H,3-10,20-21H2,1-2H3,(H,25,29)(H,26,30)(H,27,28)(H,31,32)(H4,22,23,24). The highest BCUT2D eigenvalue weighted by molar-refractivity contribution is 5.92. The van der Waals surface area contributed by atoms with Gasteiger partial charge in [0.2, 0.25) is 17.7 Å². The summed E-state index contributed by atoms with van der Waals surface area (Å²) in [6.07, 6.45) is 2.34. The molecule has 0 aromatic carbocycles. The Labute approximate surface area is 188 Å². The Morgan fingerprint density at radius 1 is 0.969 bits per heavy atom. The lowest BCUT2D eigenvalue weighted by Crippen LogP contribution is -2.55. The van der Waals surface area contributed by atoms with Gasteiger partial charge in [-0.1, -0.05) is 20.3 Å². The Balaban J connectivity index is 4.73. The van der Waals surface area contributed by atoms with Crippen LogP contribution in [0.4, 0.5) is 0 Å². The van der Waals surface area contributed by atoms with Gasteiger partial charge in [0.15, 0.2) is 5.96 Å². The molecule has 0 aromatic heterocycles. The zero-order valence-corrected chi connectivity index (χ0v) is 18.8. The van der Waals surface area contributed by atoms with Gasteiger partial charge in [-0.25, -0.2) is 4.79 Å². The van der Waals surface area contributed by atoms with E-state index in [2.05, 4.69) is 20.9 Å². The summed E-state index contributed by atoms with van der Waals surface area (Å²) in [5, 5.41) is 16.7. The molecule has 0 aliphatic heterocycles. The number of aliphatic imine (C=N–C) groups is 1. The molecular formula is C19H38N8O5. The van der Waals surface area contributed by atoms with Crippen LogP contribution < -0.4 is 38.9 Å². The van der Waals surface area contributed by atoms with Gasteiger partial charge in [-0.2, -0.15) is 0 Å². The third kappa shape index (κ3) is 12.7. The van der Waals surface area contributed by atoms with E-state index in [1.165, 1.54) is 0 Å². The van der Waals surface area contributed by atoms with E-state index in [1.807, 2.05) is 0 Å². The lowest BCUT2D eigenvalue weighted by Gasteiger charge is -2.24. The summed E-state index contributed by atoms with van der Waals surface area (Å²) in [6, 6.07) is -2.91. The van der Waals surface area contributed by atoms with Gasteiger partial charge in [0.05, 0.1) is 12.6 Å². The first-order chi connectivity index (χ1) is 15.0. The average Bonchev–Trinajstić information content (AvgIpc) is 2.71. The van der Waals surface area contributed by atoms with Gasteiger partial charge in [0.1, 0.15) is 12.1 Å². The second-order valence-electron chi connectivity index (χ2n) is 7.75. The summed E-state index contributed by atoms with van der Waals surface area (Å²) in [6.45, 7) is 3.77. The maximum absolute atomic E-state index is 12.6. The maximum Gasteiger partial charge on any atom is 0.326 e. The zero-order valence-electron chi connectivity index (χ0n) is 18.8. The molecule has 13 nitrogen and oxygen atoms in total. The Hall–Kier alpha value is -2.93. The molecule has 0 rings (SSSR count). The molecule has 0 saturated heterocycles. The smallest absolute Gasteiger partial charge is 0.326 e. The van der Waals surface area contributed by atoms with E-state index in [1.54, 1.807) is 13.8 Å². The summed E-state index contributed by atoms with van der Waals surface area (Å²) < 4.78 is 0. The molecule has 0 fully saturated rings. The highest BCUT2D eigenvalue weighted by Crippen LogP contribution is 2.05. The molecule has 3 unspecified atom stereocenters. The van der Waals surface area contributed by atoms with Crippen molar-refractivity contribution in [3.63, 3.8) is 0 Å². The fourth-order valence-electron chi connectivity index (χ4n) is 2.72. The van der Waals surface area contributed by atoms with Crippen molar-refractivity contribution in [2.45, 2.75) is 64.1 Å². The summed E-state index contributed by atoms with van der Waals surface area (Å²) in [5.74, 6) is -3.37. The SMILES string of the molecule is CC(C)C(NC(=O)CNC(=O)C(N)CCCCN)C(=O)NC(CCCN=C(N)N)C(=O)O. The molecule has 32 heavy (non-hydrogen) atoms. The van der Waals surface area contributed by atoms with Crippen LogP contribution in [-0.4, -0.2) is 72.5 Å². The molecule has 13 heteroatoms. The lowest BCUT2D eigenvalue weighted by atomic mass is 10.0. The van der Waals surface area contributed by atoms with Crippen molar-refractivity contribution in [3.05, 3.63) is 0 Å². The Kier molecular flexibility index (Phi) is 14.4. The third-order valence-electron chi connectivity index (χ3n) is 4.55. The van der Waals surface area contributed by atoms with Gasteiger partial charge in [-0.05, 0) is 38.1 Å². The number of carboxylic acid groups (broad SMARTS) is 1. The molecule has 0 aromatic rings. The number of unbranched alkanes of at least 4 members (excludes halogenated alkanes) is 1. The zero-order chi connectivity index (χ0) is 24.7. The molecule has 0 spiro atoms. The number of nitrogens with one attached hydrogen (secondary N) is 3. The van der Waals surface area contributed by atoms with Gasteiger partial charge < -0.3 is 44.0 Å². The topological polar surface area (TPSA) is 241 Å². The van der Waals surface area contributed by atoms with E-state index >= 15 is 0 Å². The van der Waals surface area contributed by atoms with Crippen molar-refractivity contribution in [3.8, 4) is 0 Å². The first-order valence-electron chi connectivity index (χ1n) is 10.6. The van der Waals surface area contributed by atoms with Crippen molar-refractivity contribution in [2.24, 2.45) is 33.8 Å². The molecule has 184 valence electrons. The van der Waals surface area contributed by atoms with Crippen molar-refractivity contribution >= 4 is 29.7 Å². The predicted octanol–water partition coefficient (Wildman–Crippen LogP) is -2.68. The normalized spacial score (nSPS) is 13.5. The number of carbonyl (C=O) groups excluding carboxylic acids is 3. The highest BCUT2D eigenvalue weighted by Gasteiger charge is 2.28. The first-order valence-corrected chi connectivity index (χ1v) is 10.6. The van der Waals surface area contributed by atoms with Gasteiger partial charge in [-0.15, -0.1) is 0 Å². The molecule has 0 heterocycles. The number of nitrogens with two attached hydrogens (primary N) is 4. The summed E-state index contributed by atoms with van der Waals surface area (Å²) in [5.41, 5.74) is 21.6. The molecule has 3 amide bonds. The molecule has 12 N–H and O–H groups in total. The first kappa shape index (κ1) is 29.1. The second-order valence-corrected chi connectivity index (χ2v) is 7.75. The minimum absolute atomic E-state index is 0.105. The number of guanidine groups is 1. The van der Waals surface area contributed by atoms with Crippen LogP contribution in [0, 0.1) is 5.92 Å². The van der Waals surface area contributed by atoms with Crippen LogP contribution in [0.15, 0.2) is 4.99 Å². The number of carboxylic acids is 1. The van der Waals surface area contributed by atoms with Crippen LogP contribution in [-0.2, 0) is 19.2 Å². The molecular weight excluding hydrogens is 420 g/mol. The predicted molar refractivity (Wildman–Crippen MR) is 120 cm³/mol. The van der Waals surface area contributed by atoms with Gasteiger partial charge >= 0.3 is 5.97 Å². The molecule has 0 radical (unpaired) electrons. The maximum atomic E-state index is 12.6. The molecule has 0 saturated carbocycles. The second kappa shape index (κ2) is 15.8. The Morgan fingerprint density at radius 2 is 1.62 bits per heavy atom. The van der Waals surface area contributed by atoms with Crippen molar-refractivity contribution in [1.29, 1.82) is 0 Å². The summed E-state index contributed by atoms with van der Waals surface area (Å²) >= 11 is 0. The monoisotopic (exact) mass is 458 g/mol. The fourth-order valence-corrected chi connectivity index (χ4v) is 2.72. The number of rotatable bonds is 16. The molecule has 0 bridgehead atoms. The minimum atomic E-state index is -1.22. The average molecular weight is 459 g/mol. The quantitative estimate of drug-likeness (QED) is 0.0681. The minimum Gasteiger partial charge on any atom is -0.480 e. The largest absolute Gasteiger partial charge is 0.480 e. The van der Waals surface area contributed by atoms with Crippen LogP contribution in [0.2, 0.25) is 0 Å². The fraction of sp³-hybridized carbons (Fsp3) is 0.737. The number of amides is 3. The van der Waals surface area contributed by atoms with Crippen LogP contribution in [0.1, 0.15) is 46.0 Å². The van der Waals surface area contributed by atoms with E-state index in [4.69, 9.17) is 22.9 Å². The highest BCUT2D eigenvalue weighted by atomic mass is 16.4. The number of carbonyl (C=O) groups is 4. The third-order valence-corrected chi connectivity index (χ3v) is 4.55. The van der Waals surface area contributed by atoms with E-state index in [-0.39, 0.29) is 31.4 Å². The van der Waals surface area contributed by atoms with Crippen LogP contribution >= 0.6 is 0 Å². The Bertz CT molecular complexity index is 652. The van der Waals surface area contributed by atoms with Crippen molar-refractivity contribution in [2.75, 3.05) is 19.6 Å². The lowest BCUT2D eigenvalue weighted by molar-refractivity contribution is -0.142. The van der Waals surface area contributed by atoms with Crippen molar-refractivity contribution < 1.29 is 24.3 Å². The number of aliphatic carboxylic acids is 1. The molecule has 0 aliphatic carbocycles. The Morgan fingerprint density at radius 3 is 2.16 bits per heavy atom. The number of hydrogen-bond donors (Lipinski definition) is 8. The van der Waals surface area contributed by atoms with E-state index in [9.17, 15) is 24.3 Å². The molecule has 0 aliphatic rings. The van der Waals surface area contributed by atoms with Gasteiger partial charge in [0.25, 0.3) is 0 Å². The van der Waals surface area contributed by atoms with Crippen LogP contribution in [0.5, 0.6) is 0 Å². The van der Waals surface area contributed by atoms with E-state index < -0.39 is 41.8 Å². The van der Waals surface area contributed by atoms with Crippen LogP contribution in [0.3, 0.4) is 0 Å². The molecule has 3 atom stereocenters. The van der Waals surface area contributed by atoms with Crippen molar-refractivity contribution in [1.82, 2.24) is 16.0 Å². The van der Waals surface area contributed by atoms with Gasteiger partial charge in [0, 0.05) is 6.54 Å². The number of hydrogen-bond acceptors (Lipinski definition) is 7. The summed E-state index contributed by atoms with van der Waals surface area (Å²) in [7, 11) is 0. The van der Waals surface area contributed by atoms with Crippen LogP contribution in [0.25, 0.3) is 0 Å². The van der Waals surface area contributed by atoms with Gasteiger partial charge in [-0.3, -0.25) is 19.4 Å². The van der Waals surface area contributed by atoms with E-state index in [0.717, 1.165) is 6.42 Å². The number of nitrogens with zero attached hydrogens (tertiary/aromatic N) is 1. The van der Waals surface area contributed by atoms with E-state index in [0.29, 0.717) is 25.8 Å².